The predicted octanol–water partition coefficient (Wildman–Crippen LogP) is -0.147. The summed E-state index contributed by atoms with van der Waals surface area (Å²) in [5.41, 5.74) is 2.17. The summed E-state index contributed by atoms with van der Waals surface area (Å²) < 4.78 is 10.2. The molecule has 0 saturated carbocycles. The van der Waals surface area contributed by atoms with Crippen molar-refractivity contribution in [1.82, 2.24) is 5.32 Å². The number of carbonyl (C=O) groups excluding carboxylic acids is 2. The summed E-state index contributed by atoms with van der Waals surface area (Å²) in [4.78, 5) is 21.5. The fourth-order valence-electron chi connectivity index (χ4n) is 2.58. The summed E-state index contributed by atoms with van der Waals surface area (Å²) in [5, 5.41) is 15.2. The van der Waals surface area contributed by atoms with Crippen molar-refractivity contribution in [3.05, 3.63) is 71.8 Å². The second-order valence-corrected chi connectivity index (χ2v) is 6.38. The third-order valence-electron chi connectivity index (χ3n) is 4.05. The van der Waals surface area contributed by atoms with E-state index < -0.39 is 12.0 Å². The molecule has 29 heavy (non-hydrogen) atoms. The van der Waals surface area contributed by atoms with Gasteiger partial charge in [-0.2, -0.15) is 0 Å². The average molecular weight is 402 g/mol. The first-order chi connectivity index (χ1) is 14.0. The number of hydrogen-bond acceptors (Lipinski definition) is 5. The van der Waals surface area contributed by atoms with E-state index in [2.05, 4.69) is 22.8 Å². The Bertz CT molecular complexity index is 706. The van der Waals surface area contributed by atoms with Crippen molar-refractivity contribution in [2.45, 2.75) is 32.2 Å². The summed E-state index contributed by atoms with van der Waals surface area (Å²) in [6.07, 6.45) is 0.127. The van der Waals surface area contributed by atoms with Crippen LogP contribution in [0.4, 0.5) is 0 Å². The van der Waals surface area contributed by atoms with Crippen LogP contribution in [-0.2, 0) is 32.0 Å². The maximum atomic E-state index is 10.7. The number of ether oxygens (including phenoxy) is 2. The predicted molar refractivity (Wildman–Crippen MR) is 108 cm³/mol. The van der Waals surface area contributed by atoms with Crippen LogP contribution in [0.3, 0.4) is 0 Å². The van der Waals surface area contributed by atoms with Crippen LogP contribution in [-0.4, -0.2) is 45.0 Å². The molecule has 3 N–H and O–H groups in total. The zero-order valence-corrected chi connectivity index (χ0v) is 17.2. The summed E-state index contributed by atoms with van der Waals surface area (Å²) in [5.74, 6) is -1.64. The standard InChI is InChI=1S/C11H13NO3.C11H17NO2/c1-8(13)12-10(11(14)15)7-9-5-3-2-4-6-9;1-13-11(14-2)9-12-8-10-6-4-3-5-7-10/h2-6,10H,7H2,1H3,(H,12,13)(H,14,15);3-7,11-12H,8-9H2,1-2H3/t10-;/m0./s1. The van der Waals surface area contributed by atoms with E-state index in [1.165, 1.54) is 12.5 Å². The van der Waals surface area contributed by atoms with Crippen LogP contribution in [0.5, 0.6) is 0 Å². The van der Waals surface area contributed by atoms with Crippen molar-refractivity contribution >= 4 is 11.9 Å². The van der Waals surface area contributed by atoms with E-state index in [4.69, 9.17) is 9.47 Å². The molecular weight excluding hydrogens is 372 g/mol. The number of aliphatic carboxylic acids is 1. The number of amides is 1. The molecule has 1 atom stereocenters. The molecule has 1 amide bonds. The van der Waals surface area contributed by atoms with Gasteiger partial charge in [0.2, 0.25) is 12.2 Å². The van der Waals surface area contributed by atoms with Crippen LogP contribution in [0.2, 0.25) is 0 Å². The Kier molecular flexibility index (Phi) is 12.0. The maximum Gasteiger partial charge on any atom is 0.217 e. The van der Waals surface area contributed by atoms with Crippen molar-refractivity contribution in [3.8, 4) is 0 Å². The molecule has 158 valence electrons. The smallest absolute Gasteiger partial charge is 0.217 e. The van der Waals surface area contributed by atoms with E-state index >= 15 is 0 Å². The average Bonchev–Trinajstić information content (AvgIpc) is 2.72. The van der Waals surface area contributed by atoms with E-state index in [0.717, 1.165) is 18.7 Å². The van der Waals surface area contributed by atoms with Crippen LogP contribution in [0.25, 0.3) is 0 Å². The fourth-order valence-corrected chi connectivity index (χ4v) is 2.58. The quantitative estimate of drug-likeness (QED) is 0.538. The van der Waals surface area contributed by atoms with Crippen LogP contribution in [0, 0.1) is 0 Å². The van der Waals surface area contributed by atoms with E-state index in [0.29, 0.717) is 0 Å². The molecule has 0 aliphatic heterocycles. The minimum atomic E-state index is -1.27. The molecular formula is C22H30N2O5. The van der Waals surface area contributed by atoms with Gasteiger partial charge in [-0.1, -0.05) is 60.7 Å². The summed E-state index contributed by atoms with van der Waals surface area (Å²) in [6.45, 7) is 3.06. The number of carboxylic acid groups (broad SMARTS) is 1. The number of hydrogen-bond donors (Lipinski definition) is 2. The van der Waals surface area contributed by atoms with Crippen molar-refractivity contribution in [2.75, 3.05) is 20.8 Å². The largest absolute Gasteiger partial charge is 0.548 e. The van der Waals surface area contributed by atoms with Crippen molar-refractivity contribution < 1.29 is 29.5 Å². The Morgan fingerprint density at radius 2 is 1.48 bits per heavy atom. The molecule has 0 saturated heterocycles. The van der Waals surface area contributed by atoms with Crippen LogP contribution < -0.4 is 15.7 Å². The highest BCUT2D eigenvalue weighted by molar-refractivity contribution is 5.81. The number of quaternary nitrogens is 1. The van der Waals surface area contributed by atoms with Gasteiger partial charge in [-0.05, 0) is 12.0 Å². The third kappa shape index (κ3) is 11.0. The molecule has 0 aliphatic rings. The first-order valence-electron chi connectivity index (χ1n) is 9.39. The zero-order valence-electron chi connectivity index (χ0n) is 17.2. The molecule has 0 aliphatic carbocycles. The Balaban J connectivity index is 0.000000291. The maximum absolute atomic E-state index is 10.7. The Hall–Kier alpha value is -2.74. The van der Waals surface area contributed by atoms with Gasteiger partial charge in [0.25, 0.3) is 0 Å². The zero-order chi connectivity index (χ0) is 21.5. The SMILES string of the molecule is CC(=O)N[C@@H](Cc1ccccc1)C(=O)[O-].COC(C[NH2+]Cc1ccccc1)OC. The molecule has 0 aromatic heterocycles. The van der Waals surface area contributed by atoms with E-state index in [1.807, 2.05) is 36.4 Å². The summed E-state index contributed by atoms with van der Waals surface area (Å²) in [7, 11) is 3.31. The van der Waals surface area contributed by atoms with Crippen molar-refractivity contribution in [1.29, 1.82) is 0 Å². The van der Waals surface area contributed by atoms with Gasteiger partial charge in [0.15, 0.2) is 0 Å². The number of carbonyl (C=O) groups is 2. The normalized spacial score (nSPS) is 11.3. The van der Waals surface area contributed by atoms with Gasteiger partial charge in [0.1, 0.15) is 13.1 Å². The first kappa shape index (κ1) is 24.3. The second-order valence-electron chi connectivity index (χ2n) is 6.38. The van der Waals surface area contributed by atoms with Gasteiger partial charge in [-0.25, -0.2) is 0 Å². The van der Waals surface area contributed by atoms with Gasteiger partial charge in [0, 0.05) is 26.7 Å². The van der Waals surface area contributed by atoms with E-state index in [1.54, 1.807) is 26.4 Å². The number of benzene rings is 2. The highest BCUT2D eigenvalue weighted by Gasteiger charge is 2.11. The van der Waals surface area contributed by atoms with Gasteiger partial charge in [-0.3, -0.25) is 4.79 Å². The lowest BCUT2D eigenvalue weighted by molar-refractivity contribution is -0.682. The molecule has 0 radical (unpaired) electrons. The lowest BCUT2D eigenvalue weighted by Crippen LogP contribution is -2.85. The van der Waals surface area contributed by atoms with Crippen LogP contribution >= 0.6 is 0 Å². The van der Waals surface area contributed by atoms with Gasteiger partial charge >= 0.3 is 0 Å². The molecule has 7 nitrogen and oxygen atoms in total. The monoisotopic (exact) mass is 402 g/mol. The van der Waals surface area contributed by atoms with Crippen LogP contribution in [0.15, 0.2) is 60.7 Å². The number of nitrogens with two attached hydrogens (primary N) is 1. The Morgan fingerprint density at radius 3 is 1.93 bits per heavy atom. The number of methoxy groups -OCH3 is 2. The molecule has 0 bridgehead atoms. The van der Waals surface area contributed by atoms with Crippen molar-refractivity contribution in [3.63, 3.8) is 0 Å². The molecule has 2 aromatic rings. The molecule has 0 unspecified atom stereocenters. The third-order valence-corrected chi connectivity index (χ3v) is 4.05. The highest BCUT2D eigenvalue weighted by Crippen LogP contribution is 2.02. The fraction of sp³-hybridized carbons (Fsp3) is 0.364. The van der Waals surface area contributed by atoms with E-state index in [-0.39, 0.29) is 18.6 Å². The highest BCUT2D eigenvalue weighted by atomic mass is 16.7. The number of rotatable bonds is 10. The van der Waals surface area contributed by atoms with Crippen LogP contribution in [0.1, 0.15) is 18.1 Å². The molecule has 0 heterocycles. The summed E-state index contributed by atoms with van der Waals surface area (Å²) in [6, 6.07) is 18.5. The number of nitrogens with one attached hydrogen (secondary N) is 1. The Labute approximate surface area is 172 Å². The minimum Gasteiger partial charge on any atom is -0.548 e. The van der Waals surface area contributed by atoms with Gasteiger partial charge in [-0.15, -0.1) is 0 Å². The Morgan fingerprint density at radius 1 is 0.966 bits per heavy atom. The topological polar surface area (TPSA) is 104 Å². The molecule has 7 heteroatoms. The lowest BCUT2D eigenvalue weighted by atomic mass is 10.1. The molecule has 2 rings (SSSR count). The summed E-state index contributed by atoms with van der Waals surface area (Å²) >= 11 is 0. The molecule has 2 aromatic carbocycles. The first-order valence-corrected chi connectivity index (χ1v) is 9.39. The minimum absolute atomic E-state index is 0.112. The van der Waals surface area contributed by atoms with Gasteiger partial charge < -0.3 is 30.0 Å². The molecule has 0 spiro atoms. The van der Waals surface area contributed by atoms with Gasteiger partial charge in [0.05, 0.1) is 12.0 Å². The van der Waals surface area contributed by atoms with E-state index in [9.17, 15) is 14.7 Å². The molecule has 0 fully saturated rings. The lowest BCUT2D eigenvalue weighted by Gasteiger charge is -2.18. The second kappa shape index (κ2) is 14.3. The number of carboxylic acids is 1. The van der Waals surface area contributed by atoms with Crippen molar-refractivity contribution in [2.24, 2.45) is 0 Å².